The number of benzene rings is 2. The van der Waals surface area contributed by atoms with Gasteiger partial charge in [0.25, 0.3) is 11.8 Å². The Bertz CT molecular complexity index is 1590. The number of para-hydroxylation sites is 1. The molecule has 3 aromatic rings. The highest BCUT2D eigenvalue weighted by Crippen LogP contribution is 2.43. The van der Waals surface area contributed by atoms with Crippen LogP contribution in [0.1, 0.15) is 48.3 Å². The van der Waals surface area contributed by atoms with Crippen molar-refractivity contribution in [3.63, 3.8) is 0 Å². The summed E-state index contributed by atoms with van der Waals surface area (Å²) in [5.74, 6) is -2.65. The predicted molar refractivity (Wildman–Crippen MR) is 159 cm³/mol. The average molecular weight is 601 g/mol. The predicted octanol–water partition coefficient (Wildman–Crippen LogP) is 1.71. The molecule has 1 saturated carbocycles. The summed E-state index contributed by atoms with van der Waals surface area (Å²) >= 11 is 0. The van der Waals surface area contributed by atoms with Crippen LogP contribution in [-0.2, 0) is 25.7 Å². The van der Waals surface area contributed by atoms with E-state index in [-0.39, 0.29) is 36.5 Å². The number of nitrogens with zero attached hydrogens (tertiary/aromatic N) is 2. The highest BCUT2D eigenvalue weighted by molar-refractivity contribution is 6.38. The molecule has 6 rings (SSSR count). The number of ether oxygens (including phenoxy) is 1. The molecule has 2 saturated heterocycles. The molecule has 0 bridgehead atoms. The first-order chi connectivity index (χ1) is 21.3. The van der Waals surface area contributed by atoms with E-state index in [9.17, 15) is 24.0 Å². The Morgan fingerprint density at radius 3 is 2.64 bits per heavy atom. The first-order valence-electron chi connectivity index (χ1n) is 15.1. The van der Waals surface area contributed by atoms with Gasteiger partial charge in [0.2, 0.25) is 17.6 Å². The van der Waals surface area contributed by atoms with E-state index in [0.717, 1.165) is 24.8 Å². The molecule has 44 heavy (non-hydrogen) atoms. The standard InChI is InChI=1S/C32H36N6O6/c1-44-24-12-6-11-22-25(24)37-28(35-22)32(43)38-17-20-9-5-10-21(20)26(38)30(41)36-23(15-19-13-14-33-29(19)40)27(39)31(42)34-16-18-7-3-2-4-8-18/h2-4,6-8,11-12,19-21,23,26H,5,9-10,13-17H2,1H3,(H,33,40)(H,34,42)(H,35,37)(H,36,41). The number of methoxy groups -OCH3 is 1. The van der Waals surface area contributed by atoms with Crippen molar-refractivity contribution < 1.29 is 28.7 Å². The summed E-state index contributed by atoms with van der Waals surface area (Å²) in [6.45, 7) is 0.999. The van der Waals surface area contributed by atoms with Crippen LogP contribution in [0, 0.1) is 17.8 Å². The molecule has 0 radical (unpaired) electrons. The maximum absolute atomic E-state index is 14.0. The number of nitrogens with one attached hydrogen (secondary N) is 4. The van der Waals surface area contributed by atoms with Crippen molar-refractivity contribution in [1.82, 2.24) is 30.8 Å². The maximum atomic E-state index is 14.0. The minimum Gasteiger partial charge on any atom is -0.494 e. The average Bonchev–Trinajstić information content (AvgIpc) is 3.83. The van der Waals surface area contributed by atoms with Crippen LogP contribution in [0.2, 0.25) is 0 Å². The van der Waals surface area contributed by atoms with Crippen LogP contribution in [0.15, 0.2) is 48.5 Å². The normalized spacial score (nSPS) is 23.2. The van der Waals surface area contributed by atoms with Gasteiger partial charge in [0, 0.05) is 25.6 Å². The van der Waals surface area contributed by atoms with Crippen LogP contribution in [-0.4, -0.2) is 76.6 Å². The lowest BCUT2D eigenvalue weighted by atomic mass is 9.91. The SMILES string of the molecule is COc1cccc2[nH]c(C(=O)N3CC4CCCC4C3C(=O)NC(CC3CCNC3=O)C(=O)C(=O)NCc3ccccc3)nc12. The summed E-state index contributed by atoms with van der Waals surface area (Å²) in [6, 6.07) is 12.5. The highest BCUT2D eigenvalue weighted by Gasteiger charge is 2.50. The quantitative estimate of drug-likeness (QED) is 0.258. The molecule has 3 fully saturated rings. The Labute approximate surface area is 254 Å². The number of aromatic amines is 1. The second-order valence-corrected chi connectivity index (χ2v) is 11.8. The molecule has 0 spiro atoms. The van der Waals surface area contributed by atoms with Crippen molar-refractivity contribution in [2.75, 3.05) is 20.2 Å². The molecule has 12 nitrogen and oxygen atoms in total. The first kappa shape index (κ1) is 29.3. The Hall–Kier alpha value is -4.74. The number of ketones is 1. The Balaban J connectivity index is 1.23. The van der Waals surface area contributed by atoms with Crippen LogP contribution >= 0.6 is 0 Å². The number of hydrogen-bond acceptors (Lipinski definition) is 7. The van der Waals surface area contributed by atoms with Gasteiger partial charge in [-0.15, -0.1) is 0 Å². The maximum Gasteiger partial charge on any atom is 0.290 e. The van der Waals surface area contributed by atoms with Gasteiger partial charge in [-0.3, -0.25) is 24.0 Å². The number of carbonyl (C=O) groups is 5. The second kappa shape index (κ2) is 12.5. The van der Waals surface area contributed by atoms with Crippen molar-refractivity contribution in [3.8, 4) is 5.75 Å². The highest BCUT2D eigenvalue weighted by atomic mass is 16.5. The number of fused-ring (bicyclic) bond motifs is 2. The number of rotatable bonds is 10. The van der Waals surface area contributed by atoms with Gasteiger partial charge in [-0.1, -0.05) is 42.8 Å². The molecular weight excluding hydrogens is 564 g/mol. The Morgan fingerprint density at radius 1 is 1.07 bits per heavy atom. The monoisotopic (exact) mass is 600 g/mol. The van der Waals surface area contributed by atoms with Gasteiger partial charge in [-0.05, 0) is 55.2 Å². The topological polar surface area (TPSA) is 163 Å². The van der Waals surface area contributed by atoms with Gasteiger partial charge in [0.15, 0.2) is 5.82 Å². The molecule has 12 heteroatoms. The van der Waals surface area contributed by atoms with Crippen molar-refractivity contribution >= 4 is 40.4 Å². The van der Waals surface area contributed by atoms with Gasteiger partial charge in [-0.25, -0.2) is 4.98 Å². The number of carbonyl (C=O) groups excluding carboxylic acids is 5. The van der Waals surface area contributed by atoms with Crippen LogP contribution in [0.5, 0.6) is 5.75 Å². The zero-order valence-corrected chi connectivity index (χ0v) is 24.5. The van der Waals surface area contributed by atoms with Gasteiger partial charge in [-0.2, -0.15) is 0 Å². The van der Waals surface area contributed by atoms with Crippen LogP contribution in [0.3, 0.4) is 0 Å². The molecule has 1 aromatic heterocycles. The number of likely N-dealkylation sites (tertiary alicyclic amines) is 1. The molecule has 5 unspecified atom stereocenters. The summed E-state index contributed by atoms with van der Waals surface area (Å²) in [4.78, 5) is 75.9. The van der Waals surface area contributed by atoms with E-state index in [0.29, 0.717) is 36.3 Å². The summed E-state index contributed by atoms with van der Waals surface area (Å²) in [5.41, 5.74) is 1.97. The van der Waals surface area contributed by atoms with E-state index in [1.165, 1.54) is 12.0 Å². The van der Waals surface area contributed by atoms with Crippen molar-refractivity contribution in [1.29, 1.82) is 0 Å². The third-order valence-corrected chi connectivity index (χ3v) is 9.15. The fourth-order valence-corrected chi connectivity index (χ4v) is 6.92. The van der Waals surface area contributed by atoms with E-state index >= 15 is 0 Å². The van der Waals surface area contributed by atoms with E-state index in [4.69, 9.17) is 4.74 Å². The van der Waals surface area contributed by atoms with E-state index < -0.39 is 41.5 Å². The fourth-order valence-electron chi connectivity index (χ4n) is 6.92. The molecule has 4 N–H and O–H groups in total. The summed E-state index contributed by atoms with van der Waals surface area (Å²) < 4.78 is 5.39. The number of H-pyrrole nitrogens is 1. The second-order valence-electron chi connectivity index (χ2n) is 11.8. The third-order valence-electron chi connectivity index (χ3n) is 9.15. The van der Waals surface area contributed by atoms with Crippen molar-refractivity contribution in [2.24, 2.45) is 17.8 Å². The number of hydrogen-bond donors (Lipinski definition) is 4. The largest absolute Gasteiger partial charge is 0.494 e. The minimum atomic E-state index is -1.22. The molecule has 1 aliphatic carbocycles. The van der Waals surface area contributed by atoms with Crippen LogP contribution in [0.4, 0.5) is 0 Å². The van der Waals surface area contributed by atoms with Gasteiger partial charge in [0.05, 0.1) is 18.7 Å². The van der Waals surface area contributed by atoms with Gasteiger partial charge >= 0.3 is 0 Å². The molecule has 4 amide bonds. The molecule has 3 heterocycles. The zero-order chi connectivity index (χ0) is 30.8. The number of imidazole rings is 1. The molecule has 3 aliphatic rings. The third kappa shape index (κ3) is 5.76. The molecule has 230 valence electrons. The zero-order valence-electron chi connectivity index (χ0n) is 24.5. The molecular formula is C32H36N6O6. The summed E-state index contributed by atoms with van der Waals surface area (Å²) in [6.07, 6.45) is 3.08. The lowest BCUT2D eigenvalue weighted by Crippen LogP contribution is -2.55. The van der Waals surface area contributed by atoms with Gasteiger partial charge < -0.3 is 30.6 Å². The number of aromatic nitrogens is 2. The fraction of sp³-hybridized carbons (Fsp3) is 0.438. The smallest absolute Gasteiger partial charge is 0.290 e. The summed E-state index contributed by atoms with van der Waals surface area (Å²) in [5, 5.41) is 8.20. The first-order valence-corrected chi connectivity index (χ1v) is 15.1. The Kier molecular flexibility index (Phi) is 8.32. The van der Waals surface area contributed by atoms with Crippen molar-refractivity contribution in [3.05, 3.63) is 59.9 Å². The molecule has 2 aliphatic heterocycles. The van der Waals surface area contributed by atoms with Crippen LogP contribution < -0.4 is 20.7 Å². The van der Waals surface area contributed by atoms with Crippen molar-refractivity contribution in [2.45, 2.75) is 50.7 Å². The lowest BCUT2D eigenvalue weighted by Gasteiger charge is -2.28. The van der Waals surface area contributed by atoms with Crippen LogP contribution in [0.25, 0.3) is 11.0 Å². The molecule has 5 atom stereocenters. The number of amides is 4. The minimum absolute atomic E-state index is 0.00665. The van der Waals surface area contributed by atoms with Gasteiger partial charge in [0.1, 0.15) is 17.3 Å². The number of Topliss-reactive ketones (excluding diaryl/α,β-unsaturated/α-hetero) is 1. The molecule has 2 aromatic carbocycles. The Morgan fingerprint density at radius 2 is 1.89 bits per heavy atom. The lowest BCUT2D eigenvalue weighted by molar-refractivity contribution is -0.141. The van der Waals surface area contributed by atoms with E-state index in [1.807, 2.05) is 30.3 Å². The summed E-state index contributed by atoms with van der Waals surface area (Å²) in [7, 11) is 1.53. The van der Waals surface area contributed by atoms with E-state index in [2.05, 4.69) is 25.9 Å². The van der Waals surface area contributed by atoms with E-state index in [1.54, 1.807) is 18.2 Å².